The summed E-state index contributed by atoms with van der Waals surface area (Å²) in [7, 11) is 0. The van der Waals surface area contributed by atoms with E-state index in [0.717, 1.165) is 6.29 Å². The number of benzene rings is 1. The van der Waals surface area contributed by atoms with E-state index in [1.54, 1.807) is 25.1 Å². The minimum Gasteiger partial charge on any atom is -0.480 e. The van der Waals surface area contributed by atoms with Crippen LogP contribution in [0.25, 0.3) is 0 Å². The number of carbonyl (C=O) groups is 2. The SMILES string of the molecule is C#CCNC(=O)C(C)Oc1ccc(C=O)cc1Br. The van der Waals surface area contributed by atoms with Crippen LogP contribution in [-0.4, -0.2) is 24.8 Å². The third-order valence-corrected chi connectivity index (χ3v) is 2.75. The number of terminal acetylenes is 1. The number of amides is 1. The molecule has 5 heteroatoms. The Morgan fingerprint density at radius 2 is 2.39 bits per heavy atom. The smallest absolute Gasteiger partial charge is 0.261 e. The molecule has 0 aliphatic heterocycles. The molecular formula is C13H12BrNO3. The molecule has 1 N–H and O–H groups in total. The molecule has 1 aromatic rings. The fourth-order valence-electron chi connectivity index (χ4n) is 1.21. The van der Waals surface area contributed by atoms with E-state index < -0.39 is 6.10 Å². The van der Waals surface area contributed by atoms with E-state index in [4.69, 9.17) is 11.2 Å². The van der Waals surface area contributed by atoms with E-state index in [1.165, 1.54) is 0 Å². The summed E-state index contributed by atoms with van der Waals surface area (Å²) in [6.45, 7) is 1.78. The Morgan fingerprint density at radius 3 is 2.94 bits per heavy atom. The first-order valence-electron chi connectivity index (χ1n) is 5.21. The van der Waals surface area contributed by atoms with E-state index in [2.05, 4.69) is 27.2 Å². The number of ether oxygens (including phenoxy) is 1. The normalized spacial score (nSPS) is 11.2. The average Bonchev–Trinajstić information content (AvgIpc) is 2.38. The van der Waals surface area contributed by atoms with E-state index in [1.807, 2.05) is 0 Å². The Kier molecular flexibility index (Phi) is 5.40. The second kappa shape index (κ2) is 6.82. The maximum Gasteiger partial charge on any atom is 0.261 e. The van der Waals surface area contributed by atoms with Gasteiger partial charge in [-0.2, -0.15) is 0 Å². The van der Waals surface area contributed by atoms with Gasteiger partial charge >= 0.3 is 0 Å². The second-order valence-corrected chi connectivity index (χ2v) is 4.34. The Bertz CT molecular complexity index is 493. The fourth-order valence-corrected chi connectivity index (χ4v) is 1.70. The van der Waals surface area contributed by atoms with Gasteiger partial charge in [0.2, 0.25) is 0 Å². The predicted octanol–water partition coefficient (Wildman–Crippen LogP) is 1.78. The number of hydrogen-bond acceptors (Lipinski definition) is 3. The summed E-state index contributed by atoms with van der Waals surface area (Å²) in [6, 6.07) is 4.85. The maximum atomic E-state index is 11.5. The van der Waals surface area contributed by atoms with Gasteiger partial charge in [-0.25, -0.2) is 0 Å². The highest BCUT2D eigenvalue weighted by molar-refractivity contribution is 9.10. The zero-order chi connectivity index (χ0) is 13.5. The predicted molar refractivity (Wildman–Crippen MR) is 71.5 cm³/mol. The summed E-state index contributed by atoms with van der Waals surface area (Å²) in [5.74, 6) is 2.51. The molecule has 0 aliphatic rings. The van der Waals surface area contributed by atoms with Crippen molar-refractivity contribution in [2.45, 2.75) is 13.0 Å². The Labute approximate surface area is 114 Å². The molecule has 0 aromatic heterocycles. The van der Waals surface area contributed by atoms with Crippen molar-refractivity contribution in [2.24, 2.45) is 0 Å². The molecule has 94 valence electrons. The van der Waals surface area contributed by atoms with Gasteiger partial charge < -0.3 is 10.1 Å². The minimum atomic E-state index is -0.670. The van der Waals surface area contributed by atoms with Crippen LogP contribution in [0.1, 0.15) is 17.3 Å². The van der Waals surface area contributed by atoms with E-state index in [9.17, 15) is 9.59 Å². The molecule has 0 radical (unpaired) electrons. The Balaban J connectivity index is 2.70. The van der Waals surface area contributed by atoms with Gasteiger partial charge in [-0.05, 0) is 41.1 Å². The summed E-state index contributed by atoms with van der Waals surface area (Å²) in [4.78, 5) is 22.1. The molecule has 0 aliphatic carbocycles. The van der Waals surface area contributed by atoms with Gasteiger partial charge in [0.05, 0.1) is 11.0 Å². The first kappa shape index (κ1) is 14.3. The summed E-state index contributed by atoms with van der Waals surface area (Å²) >= 11 is 3.27. The molecule has 0 fully saturated rings. The van der Waals surface area contributed by atoms with Gasteiger partial charge in [0.25, 0.3) is 5.91 Å². The first-order valence-corrected chi connectivity index (χ1v) is 6.00. The van der Waals surface area contributed by atoms with E-state index in [-0.39, 0.29) is 12.5 Å². The van der Waals surface area contributed by atoms with Gasteiger partial charge in [-0.15, -0.1) is 6.42 Å². The standard InChI is InChI=1S/C13H12BrNO3/c1-3-6-15-13(17)9(2)18-12-5-4-10(8-16)7-11(12)14/h1,4-5,7-9H,6H2,2H3,(H,15,17). The molecule has 1 rings (SSSR count). The molecule has 0 spiro atoms. The lowest BCUT2D eigenvalue weighted by atomic mass is 10.2. The highest BCUT2D eigenvalue weighted by Crippen LogP contribution is 2.26. The molecule has 18 heavy (non-hydrogen) atoms. The van der Waals surface area contributed by atoms with Crippen LogP contribution in [-0.2, 0) is 4.79 Å². The molecule has 1 aromatic carbocycles. The first-order chi connectivity index (χ1) is 8.58. The van der Waals surface area contributed by atoms with Crippen molar-refractivity contribution in [3.8, 4) is 18.1 Å². The number of rotatable bonds is 5. The zero-order valence-corrected chi connectivity index (χ0v) is 11.4. The molecule has 1 amide bonds. The van der Waals surface area contributed by atoms with Crippen molar-refractivity contribution in [1.82, 2.24) is 5.32 Å². The number of halogens is 1. The number of hydrogen-bond donors (Lipinski definition) is 1. The molecule has 0 saturated heterocycles. The van der Waals surface area contributed by atoms with Crippen molar-refractivity contribution in [3.05, 3.63) is 28.2 Å². The summed E-state index contributed by atoms with van der Waals surface area (Å²) < 4.78 is 6.07. The Morgan fingerprint density at radius 1 is 1.67 bits per heavy atom. The molecule has 1 unspecified atom stereocenters. The summed E-state index contributed by atoms with van der Waals surface area (Å²) in [6.07, 6.45) is 5.10. The molecular weight excluding hydrogens is 298 g/mol. The maximum absolute atomic E-state index is 11.5. The largest absolute Gasteiger partial charge is 0.480 e. The number of aldehydes is 1. The van der Waals surface area contributed by atoms with Crippen molar-refractivity contribution in [3.63, 3.8) is 0 Å². The van der Waals surface area contributed by atoms with Crippen LogP contribution >= 0.6 is 15.9 Å². The third-order valence-electron chi connectivity index (χ3n) is 2.13. The van der Waals surface area contributed by atoms with Crippen molar-refractivity contribution >= 4 is 28.1 Å². The topological polar surface area (TPSA) is 55.4 Å². The monoisotopic (exact) mass is 309 g/mol. The van der Waals surface area contributed by atoms with Crippen LogP contribution < -0.4 is 10.1 Å². The third kappa shape index (κ3) is 3.90. The van der Waals surface area contributed by atoms with Crippen LogP contribution in [0.15, 0.2) is 22.7 Å². The van der Waals surface area contributed by atoms with Crippen LogP contribution in [0, 0.1) is 12.3 Å². The van der Waals surface area contributed by atoms with Gasteiger partial charge in [-0.3, -0.25) is 9.59 Å². The van der Waals surface area contributed by atoms with Crippen LogP contribution in [0.3, 0.4) is 0 Å². The molecule has 1 atom stereocenters. The summed E-state index contributed by atoms with van der Waals surface area (Å²) in [5.41, 5.74) is 0.527. The van der Waals surface area contributed by atoms with E-state index in [0.29, 0.717) is 15.8 Å². The zero-order valence-electron chi connectivity index (χ0n) is 9.77. The second-order valence-electron chi connectivity index (χ2n) is 3.49. The van der Waals surface area contributed by atoms with Crippen molar-refractivity contribution < 1.29 is 14.3 Å². The minimum absolute atomic E-state index is 0.164. The average molecular weight is 310 g/mol. The lowest BCUT2D eigenvalue weighted by Crippen LogP contribution is -2.36. The molecule has 0 saturated carbocycles. The van der Waals surface area contributed by atoms with Gasteiger partial charge in [0.15, 0.2) is 6.10 Å². The molecule has 4 nitrogen and oxygen atoms in total. The molecule has 0 heterocycles. The molecule has 0 bridgehead atoms. The number of nitrogens with one attached hydrogen (secondary N) is 1. The summed E-state index contributed by atoms with van der Waals surface area (Å²) in [5, 5.41) is 2.52. The van der Waals surface area contributed by atoms with Gasteiger partial charge in [0.1, 0.15) is 12.0 Å². The highest BCUT2D eigenvalue weighted by atomic mass is 79.9. The van der Waals surface area contributed by atoms with Gasteiger partial charge in [0, 0.05) is 5.56 Å². The quantitative estimate of drug-likeness (QED) is 0.666. The van der Waals surface area contributed by atoms with Gasteiger partial charge in [-0.1, -0.05) is 5.92 Å². The van der Waals surface area contributed by atoms with Crippen molar-refractivity contribution in [1.29, 1.82) is 0 Å². The Hall–Kier alpha value is -1.80. The van der Waals surface area contributed by atoms with Crippen LogP contribution in [0.4, 0.5) is 0 Å². The lowest BCUT2D eigenvalue weighted by molar-refractivity contribution is -0.127. The number of carbonyl (C=O) groups excluding carboxylic acids is 2. The highest BCUT2D eigenvalue weighted by Gasteiger charge is 2.15. The van der Waals surface area contributed by atoms with Crippen LogP contribution in [0.5, 0.6) is 5.75 Å². The fraction of sp³-hybridized carbons (Fsp3) is 0.231. The van der Waals surface area contributed by atoms with Crippen LogP contribution in [0.2, 0.25) is 0 Å². The van der Waals surface area contributed by atoms with E-state index >= 15 is 0 Å². The lowest BCUT2D eigenvalue weighted by Gasteiger charge is -2.15. The van der Waals surface area contributed by atoms with Crippen molar-refractivity contribution in [2.75, 3.05) is 6.54 Å².